The van der Waals surface area contributed by atoms with Gasteiger partial charge in [-0.2, -0.15) is 0 Å². The summed E-state index contributed by atoms with van der Waals surface area (Å²) in [7, 11) is 0. The first-order valence-corrected chi connectivity index (χ1v) is 7.32. The fourth-order valence-corrected chi connectivity index (χ4v) is 2.79. The number of carbonyl (C=O) groups excluding carboxylic acids is 2. The van der Waals surface area contributed by atoms with Crippen LogP contribution in [-0.2, 0) is 6.42 Å². The number of rotatable bonds is 5. The Morgan fingerprint density at radius 2 is 2.00 bits per heavy atom. The van der Waals surface area contributed by atoms with Crippen molar-refractivity contribution in [3.8, 4) is 0 Å². The molecule has 1 N–H and O–H groups in total. The number of hydrogen-bond donors (Lipinski definition) is 1. The van der Waals surface area contributed by atoms with Crippen LogP contribution < -0.4 is 5.32 Å². The highest BCUT2D eigenvalue weighted by Gasteiger charge is 2.07. The van der Waals surface area contributed by atoms with Crippen LogP contribution in [0.3, 0.4) is 0 Å². The van der Waals surface area contributed by atoms with Crippen molar-refractivity contribution in [2.45, 2.75) is 20.3 Å². The number of hydrogen-bond acceptors (Lipinski definition) is 3. The molecule has 104 valence electrons. The van der Waals surface area contributed by atoms with Gasteiger partial charge in [-0.05, 0) is 44.5 Å². The number of benzene rings is 1. The van der Waals surface area contributed by atoms with Crippen LogP contribution in [0.15, 0.2) is 36.4 Å². The van der Waals surface area contributed by atoms with E-state index in [9.17, 15) is 9.59 Å². The molecule has 0 aliphatic heterocycles. The van der Waals surface area contributed by atoms with Gasteiger partial charge in [-0.1, -0.05) is 17.7 Å². The lowest BCUT2D eigenvalue weighted by molar-refractivity contribution is 0.0953. The number of aryl methyl sites for hydroxylation is 1. The minimum Gasteiger partial charge on any atom is -0.352 e. The van der Waals surface area contributed by atoms with Gasteiger partial charge in [0.15, 0.2) is 5.78 Å². The third-order valence-electron chi connectivity index (χ3n) is 2.95. The second-order valence-corrected chi connectivity index (χ2v) is 5.87. The zero-order valence-electron chi connectivity index (χ0n) is 11.6. The quantitative estimate of drug-likeness (QED) is 0.858. The zero-order chi connectivity index (χ0) is 14.5. The van der Waals surface area contributed by atoms with Gasteiger partial charge in [0, 0.05) is 17.0 Å². The number of Topliss-reactive ketones (excluding diaryl/α,β-unsaturated/α-hetero) is 1. The lowest BCUT2D eigenvalue weighted by atomic mass is 10.1. The molecular weight excluding hydrogens is 270 g/mol. The minimum absolute atomic E-state index is 0.0583. The van der Waals surface area contributed by atoms with E-state index in [-0.39, 0.29) is 11.7 Å². The maximum absolute atomic E-state index is 11.9. The zero-order valence-corrected chi connectivity index (χ0v) is 12.4. The van der Waals surface area contributed by atoms with Crippen LogP contribution in [0.1, 0.15) is 37.4 Å². The first-order valence-electron chi connectivity index (χ1n) is 6.51. The third-order valence-corrected chi connectivity index (χ3v) is 4.19. The van der Waals surface area contributed by atoms with Gasteiger partial charge >= 0.3 is 0 Å². The molecule has 0 aliphatic carbocycles. The molecule has 1 aromatic carbocycles. The lowest BCUT2D eigenvalue weighted by Crippen LogP contribution is -2.25. The van der Waals surface area contributed by atoms with Crippen molar-refractivity contribution in [1.82, 2.24) is 5.32 Å². The Balaban J connectivity index is 1.86. The summed E-state index contributed by atoms with van der Waals surface area (Å²) in [4.78, 5) is 25.0. The Hall–Kier alpha value is -1.94. The molecule has 0 spiro atoms. The molecule has 0 atom stereocenters. The van der Waals surface area contributed by atoms with Gasteiger partial charge < -0.3 is 5.32 Å². The monoisotopic (exact) mass is 287 g/mol. The second kappa shape index (κ2) is 6.48. The average Bonchev–Trinajstić information content (AvgIpc) is 2.87. The minimum atomic E-state index is -0.0583. The van der Waals surface area contributed by atoms with E-state index in [1.807, 2.05) is 37.3 Å². The molecule has 0 radical (unpaired) electrons. The third kappa shape index (κ3) is 3.78. The Morgan fingerprint density at radius 3 is 2.65 bits per heavy atom. The van der Waals surface area contributed by atoms with Crippen molar-refractivity contribution in [3.05, 3.63) is 57.3 Å². The van der Waals surface area contributed by atoms with E-state index < -0.39 is 0 Å². The predicted molar refractivity (Wildman–Crippen MR) is 81.5 cm³/mol. The SMILES string of the molecule is CC(=O)c1ccc(CCNC(=O)c2cccc(C)c2)s1. The normalized spacial score (nSPS) is 10.3. The van der Waals surface area contributed by atoms with Crippen LogP contribution >= 0.6 is 11.3 Å². The number of carbonyl (C=O) groups is 2. The van der Waals surface area contributed by atoms with Gasteiger partial charge in [-0.3, -0.25) is 9.59 Å². The number of thiophene rings is 1. The van der Waals surface area contributed by atoms with Crippen LogP contribution in [0.5, 0.6) is 0 Å². The van der Waals surface area contributed by atoms with Gasteiger partial charge in [-0.15, -0.1) is 11.3 Å². The van der Waals surface area contributed by atoms with E-state index in [2.05, 4.69) is 5.32 Å². The first kappa shape index (κ1) is 14.5. The van der Waals surface area contributed by atoms with Crippen molar-refractivity contribution in [1.29, 1.82) is 0 Å². The molecule has 0 aliphatic rings. The van der Waals surface area contributed by atoms with Gasteiger partial charge in [0.25, 0.3) is 5.91 Å². The summed E-state index contributed by atoms with van der Waals surface area (Å²) >= 11 is 1.49. The van der Waals surface area contributed by atoms with Crippen LogP contribution in [-0.4, -0.2) is 18.2 Å². The number of amides is 1. The maximum Gasteiger partial charge on any atom is 0.251 e. The summed E-state index contributed by atoms with van der Waals surface area (Å²) in [5.41, 5.74) is 1.75. The van der Waals surface area contributed by atoms with Crippen LogP contribution in [0, 0.1) is 6.92 Å². The number of nitrogens with one attached hydrogen (secondary N) is 1. The molecule has 1 amide bonds. The predicted octanol–water partition coefficient (Wildman–Crippen LogP) is 3.23. The molecule has 2 aromatic rings. The van der Waals surface area contributed by atoms with Gasteiger partial charge in [-0.25, -0.2) is 0 Å². The van der Waals surface area contributed by atoms with Gasteiger partial charge in [0.2, 0.25) is 0 Å². The van der Waals surface area contributed by atoms with E-state index in [1.54, 1.807) is 13.0 Å². The summed E-state index contributed by atoms with van der Waals surface area (Å²) in [5.74, 6) is 0.0297. The highest BCUT2D eigenvalue weighted by molar-refractivity contribution is 7.14. The topological polar surface area (TPSA) is 46.2 Å². The van der Waals surface area contributed by atoms with E-state index in [4.69, 9.17) is 0 Å². The van der Waals surface area contributed by atoms with Crippen molar-refractivity contribution >= 4 is 23.0 Å². The van der Waals surface area contributed by atoms with Crippen LogP contribution in [0.25, 0.3) is 0 Å². The molecule has 0 saturated heterocycles. The van der Waals surface area contributed by atoms with Gasteiger partial charge in [0.05, 0.1) is 4.88 Å². The molecule has 0 saturated carbocycles. The Morgan fingerprint density at radius 1 is 1.20 bits per heavy atom. The Labute approximate surface area is 122 Å². The maximum atomic E-state index is 11.9. The average molecular weight is 287 g/mol. The molecule has 0 bridgehead atoms. The number of ketones is 1. The second-order valence-electron chi connectivity index (χ2n) is 4.70. The van der Waals surface area contributed by atoms with Gasteiger partial charge in [0.1, 0.15) is 0 Å². The van der Waals surface area contributed by atoms with Crippen molar-refractivity contribution < 1.29 is 9.59 Å². The summed E-state index contributed by atoms with van der Waals surface area (Å²) in [5, 5.41) is 2.90. The molecule has 1 heterocycles. The highest BCUT2D eigenvalue weighted by Crippen LogP contribution is 2.17. The molecule has 0 unspecified atom stereocenters. The molecule has 2 rings (SSSR count). The smallest absolute Gasteiger partial charge is 0.251 e. The molecule has 4 heteroatoms. The van der Waals surface area contributed by atoms with E-state index in [0.29, 0.717) is 12.1 Å². The van der Waals surface area contributed by atoms with E-state index >= 15 is 0 Å². The highest BCUT2D eigenvalue weighted by atomic mass is 32.1. The molecule has 1 aromatic heterocycles. The summed E-state index contributed by atoms with van der Waals surface area (Å²) < 4.78 is 0. The summed E-state index contributed by atoms with van der Waals surface area (Å²) in [6, 6.07) is 11.3. The standard InChI is InChI=1S/C16H17NO2S/c1-11-4-3-5-13(10-11)16(19)17-9-8-14-6-7-15(20-14)12(2)18/h3-7,10H,8-9H2,1-2H3,(H,17,19). The fourth-order valence-electron chi connectivity index (χ4n) is 1.89. The van der Waals surface area contributed by atoms with Crippen molar-refractivity contribution in [2.24, 2.45) is 0 Å². The van der Waals surface area contributed by atoms with Crippen molar-refractivity contribution in [3.63, 3.8) is 0 Å². The van der Waals surface area contributed by atoms with Crippen LogP contribution in [0.4, 0.5) is 0 Å². The Bertz CT molecular complexity index is 631. The molecular formula is C16H17NO2S. The largest absolute Gasteiger partial charge is 0.352 e. The van der Waals surface area contributed by atoms with E-state index in [1.165, 1.54) is 11.3 Å². The van der Waals surface area contributed by atoms with Crippen LogP contribution in [0.2, 0.25) is 0 Å². The molecule has 3 nitrogen and oxygen atoms in total. The first-order chi connectivity index (χ1) is 9.56. The van der Waals surface area contributed by atoms with E-state index in [0.717, 1.165) is 21.7 Å². The van der Waals surface area contributed by atoms with Crippen molar-refractivity contribution in [2.75, 3.05) is 6.54 Å². The molecule has 0 fully saturated rings. The summed E-state index contributed by atoms with van der Waals surface area (Å²) in [6.07, 6.45) is 0.746. The summed E-state index contributed by atoms with van der Waals surface area (Å²) in [6.45, 7) is 4.10. The Kier molecular flexibility index (Phi) is 4.69. The fraction of sp³-hybridized carbons (Fsp3) is 0.250. The molecule has 20 heavy (non-hydrogen) atoms. The lowest BCUT2D eigenvalue weighted by Gasteiger charge is -2.05.